The number of nitrogens with zero attached hydrogens (tertiary/aromatic N) is 2. The average molecular weight is 348 g/mol. The number of rotatable bonds is 6. The molecule has 24 heavy (non-hydrogen) atoms. The van der Waals surface area contributed by atoms with Gasteiger partial charge in [0.25, 0.3) is 11.5 Å². The number of nitrogens with one attached hydrogen (secondary N) is 2. The SMILES string of the molecule is CCc1n[nH]c(=O)c(C(=O)N[C@@H](C)c2csc(C(C)C)n2)c1CC. The minimum atomic E-state index is -0.449. The van der Waals surface area contributed by atoms with E-state index in [-0.39, 0.29) is 17.5 Å². The van der Waals surface area contributed by atoms with Crippen LogP contribution in [0.3, 0.4) is 0 Å². The van der Waals surface area contributed by atoms with Gasteiger partial charge in [0.05, 0.1) is 22.4 Å². The zero-order chi connectivity index (χ0) is 17.9. The van der Waals surface area contributed by atoms with Gasteiger partial charge in [0, 0.05) is 11.3 Å². The Morgan fingerprint density at radius 1 is 1.29 bits per heavy atom. The average Bonchev–Trinajstić information content (AvgIpc) is 3.04. The lowest BCUT2D eigenvalue weighted by Crippen LogP contribution is -2.34. The Hall–Kier alpha value is -2.02. The van der Waals surface area contributed by atoms with Gasteiger partial charge in [-0.05, 0) is 25.3 Å². The van der Waals surface area contributed by atoms with E-state index in [1.54, 1.807) is 11.3 Å². The van der Waals surface area contributed by atoms with E-state index in [0.717, 1.165) is 16.4 Å². The minimum absolute atomic E-state index is 0.163. The molecule has 0 saturated heterocycles. The van der Waals surface area contributed by atoms with Crippen molar-refractivity contribution >= 4 is 17.2 Å². The molecule has 0 spiro atoms. The van der Waals surface area contributed by atoms with E-state index < -0.39 is 5.56 Å². The molecule has 2 rings (SSSR count). The number of hydrogen-bond acceptors (Lipinski definition) is 5. The van der Waals surface area contributed by atoms with Crippen molar-refractivity contribution < 1.29 is 4.79 Å². The number of hydrogen-bond donors (Lipinski definition) is 2. The normalized spacial score (nSPS) is 12.4. The highest BCUT2D eigenvalue weighted by Gasteiger charge is 2.21. The van der Waals surface area contributed by atoms with Gasteiger partial charge in [0.15, 0.2) is 0 Å². The van der Waals surface area contributed by atoms with Gasteiger partial charge in [-0.15, -0.1) is 11.3 Å². The second-order valence-electron chi connectivity index (χ2n) is 6.02. The lowest BCUT2D eigenvalue weighted by atomic mass is 10.0. The van der Waals surface area contributed by atoms with E-state index in [1.807, 2.05) is 26.2 Å². The number of H-pyrrole nitrogens is 1. The number of carbonyl (C=O) groups is 1. The molecule has 0 aromatic carbocycles. The van der Waals surface area contributed by atoms with Crippen LogP contribution in [0.25, 0.3) is 0 Å². The molecule has 2 heterocycles. The Kier molecular flexibility index (Phi) is 5.88. The third kappa shape index (κ3) is 3.72. The van der Waals surface area contributed by atoms with Crippen molar-refractivity contribution in [3.8, 4) is 0 Å². The van der Waals surface area contributed by atoms with Crippen molar-refractivity contribution in [2.24, 2.45) is 0 Å². The lowest BCUT2D eigenvalue weighted by molar-refractivity contribution is 0.0936. The topological polar surface area (TPSA) is 87.7 Å². The second-order valence-corrected chi connectivity index (χ2v) is 6.91. The summed E-state index contributed by atoms with van der Waals surface area (Å²) in [6.45, 7) is 9.92. The van der Waals surface area contributed by atoms with Crippen LogP contribution in [0.4, 0.5) is 0 Å². The summed E-state index contributed by atoms with van der Waals surface area (Å²) in [4.78, 5) is 29.3. The molecular weight excluding hydrogens is 324 g/mol. The van der Waals surface area contributed by atoms with Crippen molar-refractivity contribution in [1.29, 1.82) is 0 Å². The van der Waals surface area contributed by atoms with Gasteiger partial charge in [-0.3, -0.25) is 9.59 Å². The predicted octanol–water partition coefficient (Wildman–Crippen LogP) is 2.97. The molecule has 0 aliphatic rings. The van der Waals surface area contributed by atoms with Crippen molar-refractivity contribution in [2.45, 2.75) is 59.4 Å². The summed E-state index contributed by atoms with van der Waals surface area (Å²) >= 11 is 1.59. The molecule has 0 radical (unpaired) electrons. The fourth-order valence-electron chi connectivity index (χ4n) is 2.54. The summed E-state index contributed by atoms with van der Waals surface area (Å²) in [5.74, 6) is -0.0229. The van der Waals surface area contributed by atoms with Crippen LogP contribution in [0.15, 0.2) is 10.2 Å². The molecule has 0 unspecified atom stereocenters. The zero-order valence-corrected chi connectivity index (χ0v) is 15.6. The van der Waals surface area contributed by atoms with Crippen LogP contribution in [-0.2, 0) is 12.8 Å². The van der Waals surface area contributed by atoms with E-state index in [4.69, 9.17) is 0 Å². The molecule has 2 aromatic heterocycles. The molecule has 1 amide bonds. The molecule has 0 aliphatic heterocycles. The molecule has 0 aliphatic carbocycles. The van der Waals surface area contributed by atoms with E-state index in [9.17, 15) is 9.59 Å². The first-order valence-corrected chi connectivity index (χ1v) is 9.13. The summed E-state index contributed by atoms with van der Waals surface area (Å²) in [6.07, 6.45) is 1.26. The highest BCUT2D eigenvalue weighted by molar-refractivity contribution is 7.09. The summed E-state index contributed by atoms with van der Waals surface area (Å²) in [5.41, 5.74) is 2.00. The van der Waals surface area contributed by atoms with Gasteiger partial charge in [0.1, 0.15) is 5.56 Å². The van der Waals surface area contributed by atoms with Crippen LogP contribution < -0.4 is 10.9 Å². The Balaban J connectivity index is 2.27. The van der Waals surface area contributed by atoms with Crippen molar-refractivity contribution in [2.75, 3.05) is 0 Å². The van der Waals surface area contributed by atoms with Crippen LogP contribution in [0.5, 0.6) is 0 Å². The molecule has 2 aromatic rings. The number of carbonyl (C=O) groups excluding carboxylic acids is 1. The maximum atomic E-state index is 12.7. The molecule has 7 heteroatoms. The van der Waals surface area contributed by atoms with Gasteiger partial charge in [0.2, 0.25) is 0 Å². The van der Waals surface area contributed by atoms with Crippen LogP contribution in [0.1, 0.15) is 78.9 Å². The van der Waals surface area contributed by atoms with Crippen LogP contribution in [-0.4, -0.2) is 21.1 Å². The van der Waals surface area contributed by atoms with E-state index in [2.05, 4.69) is 34.3 Å². The third-order valence-electron chi connectivity index (χ3n) is 3.91. The van der Waals surface area contributed by atoms with Crippen molar-refractivity contribution in [1.82, 2.24) is 20.5 Å². The summed E-state index contributed by atoms with van der Waals surface area (Å²) in [5, 5.41) is 12.3. The quantitative estimate of drug-likeness (QED) is 0.840. The van der Waals surface area contributed by atoms with Gasteiger partial charge in [-0.25, -0.2) is 10.1 Å². The Bertz CT molecular complexity index is 779. The number of thiazole rings is 1. The zero-order valence-electron chi connectivity index (χ0n) is 14.8. The number of amides is 1. The predicted molar refractivity (Wildman–Crippen MR) is 95.7 cm³/mol. The smallest absolute Gasteiger partial charge is 0.277 e. The Morgan fingerprint density at radius 3 is 2.54 bits per heavy atom. The Morgan fingerprint density at radius 2 is 2.00 bits per heavy atom. The minimum Gasteiger partial charge on any atom is -0.344 e. The van der Waals surface area contributed by atoms with E-state index in [0.29, 0.717) is 24.3 Å². The summed E-state index contributed by atoms with van der Waals surface area (Å²) in [6, 6.07) is -0.261. The van der Waals surface area contributed by atoms with Crippen molar-refractivity contribution in [3.05, 3.63) is 43.3 Å². The second kappa shape index (κ2) is 7.70. The first-order chi connectivity index (χ1) is 11.4. The molecule has 2 N–H and O–H groups in total. The third-order valence-corrected chi connectivity index (χ3v) is 5.07. The number of aryl methyl sites for hydroxylation is 1. The fraction of sp³-hybridized carbons (Fsp3) is 0.529. The van der Waals surface area contributed by atoms with Gasteiger partial charge >= 0.3 is 0 Å². The maximum absolute atomic E-state index is 12.7. The molecule has 1 atom stereocenters. The molecule has 6 nitrogen and oxygen atoms in total. The van der Waals surface area contributed by atoms with Crippen LogP contribution in [0.2, 0.25) is 0 Å². The largest absolute Gasteiger partial charge is 0.344 e. The van der Waals surface area contributed by atoms with Crippen LogP contribution >= 0.6 is 11.3 Å². The van der Waals surface area contributed by atoms with Gasteiger partial charge in [-0.1, -0.05) is 27.7 Å². The Labute approximate surface area is 145 Å². The maximum Gasteiger partial charge on any atom is 0.277 e. The molecule has 0 fully saturated rings. The summed E-state index contributed by atoms with van der Waals surface area (Å²) in [7, 11) is 0. The van der Waals surface area contributed by atoms with E-state index >= 15 is 0 Å². The summed E-state index contributed by atoms with van der Waals surface area (Å²) < 4.78 is 0. The highest BCUT2D eigenvalue weighted by atomic mass is 32.1. The van der Waals surface area contributed by atoms with Crippen LogP contribution in [0, 0.1) is 0 Å². The molecular formula is C17H24N4O2S. The monoisotopic (exact) mass is 348 g/mol. The molecule has 130 valence electrons. The molecule has 0 saturated carbocycles. The number of aromatic nitrogens is 3. The fourth-order valence-corrected chi connectivity index (χ4v) is 3.47. The van der Waals surface area contributed by atoms with Gasteiger partial charge in [-0.2, -0.15) is 5.10 Å². The highest BCUT2D eigenvalue weighted by Crippen LogP contribution is 2.23. The standard InChI is InChI=1S/C17H24N4O2S/c1-6-11-12(7-2)20-21-16(23)14(11)15(22)18-10(5)13-8-24-17(19-13)9(3)4/h8-10H,6-7H2,1-5H3,(H,18,22)(H,21,23)/t10-/m0/s1. The first kappa shape index (κ1) is 18.3. The molecule has 0 bridgehead atoms. The number of aromatic amines is 1. The van der Waals surface area contributed by atoms with E-state index in [1.165, 1.54) is 0 Å². The van der Waals surface area contributed by atoms with Gasteiger partial charge < -0.3 is 5.32 Å². The lowest BCUT2D eigenvalue weighted by Gasteiger charge is -2.14. The first-order valence-electron chi connectivity index (χ1n) is 8.25. The van der Waals surface area contributed by atoms with Crippen molar-refractivity contribution in [3.63, 3.8) is 0 Å².